The van der Waals surface area contributed by atoms with Crippen LogP contribution >= 0.6 is 11.8 Å². The molecule has 2 fully saturated rings. The highest BCUT2D eigenvalue weighted by Gasteiger charge is 2.55. The summed E-state index contributed by atoms with van der Waals surface area (Å²) >= 11 is 1.64. The number of aromatic amines is 1. The van der Waals surface area contributed by atoms with Crippen molar-refractivity contribution in [2.75, 3.05) is 6.26 Å². The summed E-state index contributed by atoms with van der Waals surface area (Å²) in [5, 5.41) is 3.74. The summed E-state index contributed by atoms with van der Waals surface area (Å²) in [7, 11) is 0. The van der Waals surface area contributed by atoms with Crippen LogP contribution in [0.4, 0.5) is 26.3 Å². The first kappa shape index (κ1) is 26.2. The molecule has 0 aliphatic carbocycles. The first-order valence-electron chi connectivity index (χ1n) is 11.9. The van der Waals surface area contributed by atoms with Crippen molar-refractivity contribution in [1.29, 1.82) is 0 Å². The lowest BCUT2D eigenvalue weighted by Crippen LogP contribution is -2.54. The number of alkyl halides is 6. The molecule has 2 N–H and O–H groups in total. The molecule has 0 saturated carbocycles. The number of nitrogens with one attached hydrogen (secondary N) is 2. The number of thioether (sulfide) groups is 1. The highest BCUT2D eigenvalue weighted by Crippen LogP contribution is 2.51. The maximum Gasteiger partial charge on any atom is 0.416 e. The van der Waals surface area contributed by atoms with E-state index in [9.17, 15) is 26.3 Å². The molecular formula is C27H26F6N2OS. The second kappa shape index (κ2) is 9.71. The molecule has 0 radical (unpaired) electrons. The molecule has 0 spiro atoms. The Bertz CT molecular complexity index is 1210. The van der Waals surface area contributed by atoms with Crippen LogP contribution in [0.15, 0.2) is 65.7 Å². The molecule has 4 atom stereocenters. The number of rotatable bonds is 6. The van der Waals surface area contributed by atoms with Gasteiger partial charge in [0.25, 0.3) is 0 Å². The minimum absolute atomic E-state index is 0.141. The minimum Gasteiger partial charge on any atom is -0.371 e. The Morgan fingerprint density at radius 3 is 2.22 bits per heavy atom. The van der Waals surface area contributed by atoms with Crippen molar-refractivity contribution in [1.82, 2.24) is 10.3 Å². The van der Waals surface area contributed by atoms with Gasteiger partial charge in [-0.05, 0) is 60.9 Å². The molecule has 0 unspecified atom stereocenters. The Morgan fingerprint density at radius 2 is 1.62 bits per heavy atom. The number of hydrogen-bond donors (Lipinski definition) is 2. The molecule has 2 bridgehead atoms. The molecule has 3 nitrogen and oxygen atoms in total. The van der Waals surface area contributed by atoms with Gasteiger partial charge in [-0.15, -0.1) is 11.8 Å². The van der Waals surface area contributed by atoms with Crippen molar-refractivity contribution in [3.05, 3.63) is 88.7 Å². The minimum atomic E-state index is -4.90. The standard InChI is InChI=1S/C27H26F6N2OS/c1-37-20-12-23(34-14-20)21-13-25(17-5-3-2-4-6-17)24(8-7-22(21)35-25)36-15-16-9-18(26(28,29)30)11-19(10-16)27(31,32)33/h2-6,9-12,14,21-22,24,34-35H,7-8,13,15H2,1H3/t21-,22+,24-,25-/m1/s1. The molecule has 2 aliphatic rings. The van der Waals surface area contributed by atoms with Gasteiger partial charge in [0.1, 0.15) is 0 Å². The third kappa shape index (κ3) is 5.15. The number of aromatic nitrogens is 1. The van der Waals surface area contributed by atoms with E-state index in [4.69, 9.17) is 4.74 Å². The van der Waals surface area contributed by atoms with E-state index in [1.54, 1.807) is 11.8 Å². The lowest BCUT2D eigenvalue weighted by atomic mass is 9.79. The number of H-pyrrole nitrogens is 1. The van der Waals surface area contributed by atoms with Crippen LogP contribution in [0.2, 0.25) is 0 Å². The van der Waals surface area contributed by atoms with Gasteiger partial charge >= 0.3 is 12.4 Å². The van der Waals surface area contributed by atoms with Crippen LogP contribution in [0.1, 0.15) is 53.1 Å². The molecule has 2 saturated heterocycles. The molecule has 37 heavy (non-hydrogen) atoms. The van der Waals surface area contributed by atoms with E-state index in [2.05, 4.69) is 16.4 Å². The van der Waals surface area contributed by atoms with Crippen LogP contribution < -0.4 is 5.32 Å². The third-order valence-electron chi connectivity index (χ3n) is 7.46. The first-order valence-corrected chi connectivity index (χ1v) is 13.2. The maximum atomic E-state index is 13.3. The summed E-state index contributed by atoms with van der Waals surface area (Å²) in [6.07, 6.45) is -4.16. The second-order valence-corrected chi connectivity index (χ2v) is 10.6. The van der Waals surface area contributed by atoms with Crippen molar-refractivity contribution in [2.45, 2.75) is 66.7 Å². The monoisotopic (exact) mass is 540 g/mol. The SMILES string of the molecule is CSc1c[nH]c([C@@H]2C[C@]3(c4ccccc4)N[C@H]2CC[C@H]3OCc2cc(C(F)(F)F)cc(C(F)(F)F)c2)c1. The van der Waals surface area contributed by atoms with Gasteiger partial charge in [0, 0.05) is 28.7 Å². The van der Waals surface area contributed by atoms with Crippen LogP contribution in [0, 0.1) is 0 Å². The smallest absolute Gasteiger partial charge is 0.371 e. The number of hydrogen-bond acceptors (Lipinski definition) is 3. The Labute approximate surface area is 215 Å². The van der Waals surface area contributed by atoms with E-state index in [-0.39, 0.29) is 30.2 Å². The zero-order valence-electron chi connectivity index (χ0n) is 19.9. The van der Waals surface area contributed by atoms with E-state index < -0.39 is 35.1 Å². The number of benzene rings is 2. The van der Waals surface area contributed by atoms with Crippen molar-refractivity contribution in [3.63, 3.8) is 0 Å². The van der Waals surface area contributed by atoms with E-state index in [1.165, 1.54) is 0 Å². The van der Waals surface area contributed by atoms with Crippen LogP contribution in [-0.2, 0) is 29.2 Å². The zero-order valence-corrected chi connectivity index (χ0v) is 20.7. The molecule has 3 heterocycles. The number of ether oxygens (including phenoxy) is 1. The summed E-state index contributed by atoms with van der Waals surface area (Å²) in [5.41, 5.74) is -1.35. The molecule has 10 heteroatoms. The first-order chi connectivity index (χ1) is 17.5. The van der Waals surface area contributed by atoms with Crippen molar-refractivity contribution in [3.8, 4) is 0 Å². The summed E-state index contributed by atoms with van der Waals surface area (Å²) in [4.78, 5) is 4.51. The molecule has 1 aromatic heterocycles. The fraction of sp³-hybridized carbons (Fsp3) is 0.407. The number of piperidine rings is 1. The van der Waals surface area contributed by atoms with Gasteiger partial charge in [-0.1, -0.05) is 30.3 Å². The lowest BCUT2D eigenvalue weighted by Gasteiger charge is -2.42. The lowest BCUT2D eigenvalue weighted by molar-refractivity contribution is -0.143. The van der Waals surface area contributed by atoms with Crippen LogP contribution in [0.25, 0.3) is 0 Å². The van der Waals surface area contributed by atoms with E-state index >= 15 is 0 Å². The van der Waals surface area contributed by atoms with Crippen molar-refractivity contribution in [2.24, 2.45) is 0 Å². The van der Waals surface area contributed by atoms with Gasteiger partial charge in [-0.3, -0.25) is 0 Å². The van der Waals surface area contributed by atoms with E-state index in [1.807, 2.05) is 42.8 Å². The number of halogens is 6. The van der Waals surface area contributed by atoms with E-state index in [0.29, 0.717) is 12.8 Å². The summed E-state index contributed by atoms with van der Waals surface area (Å²) in [5.74, 6) is 0.167. The number of fused-ring (bicyclic) bond motifs is 2. The van der Waals surface area contributed by atoms with E-state index in [0.717, 1.165) is 34.7 Å². The van der Waals surface area contributed by atoms with Gasteiger partial charge in [0.2, 0.25) is 0 Å². The predicted molar refractivity (Wildman–Crippen MR) is 129 cm³/mol. The Kier molecular flexibility index (Phi) is 6.87. The Balaban J connectivity index is 1.45. The fourth-order valence-electron chi connectivity index (χ4n) is 5.75. The van der Waals surface area contributed by atoms with Gasteiger partial charge < -0.3 is 15.0 Å². The molecule has 2 aromatic carbocycles. The van der Waals surface area contributed by atoms with Crippen molar-refractivity contribution >= 4 is 11.8 Å². The maximum absolute atomic E-state index is 13.3. The highest BCUT2D eigenvalue weighted by atomic mass is 32.2. The third-order valence-corrected chi connectivity index (χ3v) is 8.17. The summed E-state index contributed by atoms with van der Waals surface area (Å²) < 4.78 is 86.3. The highest BCUT2D eigenvalue weighted by molar-refractivity contribution is 7.98. The predicted octanol–water partition coefficient (Wildman–Crippen LogP) is 7.49. The van der Waals surface area contributed by atoms with Gasteiger partial charge in [0.05, 0.1) is 29.4 Å². The Morgan fingerprint density at radius 1 is 0.946 bits per heavy atom. The van der Waals surface area contributed by atoms with Gasteiger partial charge in [-0.2, -0.15) is 26.3 Å². The fourth-order valence-corrected chi connectivity index (χ4v) is 6.17. The quantitative estimate of drug-likeness (QED) is 0.251. The van der Waals surface area contributed by atoms with Crippen LogP contribution in [0.3, 0.4) is 0 Å². The van der Waals surface area contributed by atoms with Crippen LogP contribution in [0.5, 0.6) is 0 Å². The molecule has 0 amide bonds. The van der Waals surface area contributed by atoms with Crippen LogP contribution in [-0.4, -0.2) is 23.4 Å². The molecular weight excluding hydrogens is 514 g/mol. The largest absolute Gasteiger partial charge is 0.416 e. The normalized spacial score (nSPS) is 26.0. The molecule has 5 rings (SSSR count). The van der Waals surface area contributed by atoms with Gasteiger partial charge in [0.15, 0.2) is 0 Å². The topological polar surface area (TPSA) is 37.0 Å². The summed E-state index contributed by atoms with van der Waals surface area (Å²) in [6, 6.07) is 13.6. The van der Waals surface area contributed by atoms with Gasteiger partial charge in [-0.25, -0.2) is 0 Å². The average Bonchev–Trinajstić information content (AvgIpc) is 3.46. The van der Waals surface area contributed by atoms with Crippen molar-refractivity contribution < 1.29 is 31.1 Å². The summed E-state index contributed by atoms with van der Waals surface area (Å²) in [6.45, 7) is -0.359. The zero-order chi connectivity index (χ0) is 26.4. The second-order valence-electron chi connectivity index (χ2n) is 9.68. The Hall–Kier alpha value is -2.43. The average molecular weight is 541 g/mol. The molecule has 2 aliphatic heterocycles. The molecule has 3 aromatic rings. The molecule has 198 valence electrons.